The molecule has 0 bridgehead atoms. The minimum absolute atomic E-state index is 0.133. The summed E-state index contributed by atoms with van der Waals surface area (Å²) in [6.07, 6.45) is 4.46. The van der Waals surface area contributed by atoms with Crippen LogP contribution in [0.15, 0.2) is 0 Å². The van der Waals surface area contributed by atoms with Gasteiger partial charge in [0.05, 0.1) is 0 Å². The van der Waals surface area contributed by atoms with E-state index in [1.54, 1.807) is 4.90 Å². The zero-order valence-electron chi connectivity index (χ0n) is 11.5. The zero-order valence-corrected chi connectivity index (χ0v) is 11.5. The van der Waals surface area contributed by atoms with Crippen LogP contribution in [-0.4, -0.2) is 68.3 Å². The van der Waals surface area contributed by atoms with Gasteiger partial charge >= 0.3 is 6.03 Å². The minimum Gasteiger partial charge on any atom is -0.381 e. The molecule has 0 radical (unpaired) electrons. The smallest absolute Gasteiger partial charge is 0.319 e. The summed E-state index contributed by atoms with van der Waals surface area (Å²) < 4.78 is 5.37. The Labute approximate surface area is 109 Å². The van der Waals surface area contributed by atoms with Gasteiger partial charge in [-0.1, -0.05) is 0 Å². The van der Waals surface area contributed by atoms with Gasteiger partial charge in [-0.25, -0.2) is 4.79 Å². The Morgan fingerprint density at radius 1 is 1.22 bits per heavy atom. The van der Waals surface area contributed by atoms with Crippen molar-refractivity contribution in [2.75, 3.05) is 40.4 Å². The van der Waals surface area contributed by atoms with Gasteiger partial charge in [0.25, 0.3) is 0 Å². The van der Waals surface area contributed by atoms with E-state index in [-0.39, 0.29) is 6.03 Å². The van der Waals surface area contributed by atoms with Crippen LogP contribution in [0.2, 0.25) is 0 Å². The lowest BCUT2D eigenvalue weighted by Gasteiger charge is -2.37. The van der Waals surface area contributed by atoms with Crippen LogP contribution in [0.25, 0.3) is 0 Å². The van der Waals surface area contributed by atoms with Crippen molar-refractivity contribution >= 4 is 6.03 Å². The SMILES string of the molecule is CN(C)C(=O)N1CCCC(NC2CCOCC2)C1. The number of hydrogen-bond acceptors (Lipinski definition) is 3. The first-order chi connectivity index (χ1) is 8.66. The highest BCUT2D eigenvalue weighted by molar-refractivity contribution is 5.73. The summed E-state index contributed by atoms with van der Waals surface area (Å²) in [5.74, 6) is 0. The van der Waals surface area contributed by atoms with E-state index in [4.69, 9.17) is 4.74 Å². The molecule has 2 fully saturated rings. The summed E-state index contributed by atoms with van der Waals surface area (Å²) in [5, 5.41) is 3.69. The molecule has 0 aromatic carbocycles. The van der Waals surface area contributed by atoms with Crippen molar-refractivity contribution in [3.05, 3.63) is 0 Å². The molecule has 5 nitrogen and oxygen atoms in total. The number of ether oxygens (including phenoxy) is 1. The van der Waals surface area contributed by atoms with Gasteiger partial charge in [0.15, 0.2) is 0 Å². The van der Waals surface area contributed by atoms with Crippen molar-refractivity contribution in [3.63, 3.8) is 0 Å². The van der Waals surface area contributed by atoms with Gasteiger partial charge in [0.2, 0.25) is 0 Å². The van der Waals surface area contributed by atoms with E-state index in [1.165, 1.54) is 6.42 Å². The maximum absolute atomic E-state index is 11.9. The zero-order chi connectivity index (χ0) is 13.0. The number of hydrogen-bond donors (Lipinski definition) is 1. The molecule has 0 aromatic heterocycles. The first-order valence-electron chi connectivity index (χ1n) is 6.97. The molecule has 104 valence electrons. The van der Waals surface area contributed by atoms with Crippen LogP contribution >= 0.6 is 0 Å². The van der Waals surface area contributed by atoms with Crippen molar-refractivity contribution < 1.29 is 9.53 Å². The number of urea groups is 1. The van der Waals surface area contributed by atoms with Crippen molar-refractivity contribution in [2.45, 2.75) is 37.8 Å². The number of amides is 2. The van der Waals surface area contributed by atoms with Gasteiger partial charge in [-0.15, -0.1) is 0 Å². The number of rotatable bonds is 2. The van der Waals surface area contributed by atoms with Gasteiger partial charge in [0.1, 0.15) is 0 Å². The highest BCUT2D eigenvalue weighted by Crippen LogP contribution is 2.15. The first kappa shape index (κ1) is 13.6. The number of nitrogens with zero attached hydrogens (tertiary/aromatic N) is 2. The highest BCUT2D eigenvalue weighted by Gasteiger charge is 2.26. The van der Waals surface area contributed by atoms with Gasteiger partial charge in [0, 0.05) is 52.5 Å². The fourth-order valence-corrected chi connectivity index (χ4v) is 2.77. The number of carbonyl (C=O) groups excluding carboxylic acids is 1. The maximum atomic E-state index is 11.9. The van der Waals surface area contributed by atoms with Crippen molar-refractivity contribution in [1.29, 1.82) is 0 Å². The summed E-state index contributed by atoms with van der Waals surface area (Å²) in [7, 11) is 3.63. The van der Waals surface area contributed by atoms with Crippen molar-refractivity contribution in [1.82, 2.24) is 15.1 Å². The van der Waals surface area contributed by atoms with Crippen LogP contribution < -0.4 is 5.32 Å². The van der Waals surface area contributed by atoms with Gasteiger partial charge in [-0.2, -0.15) is 0 Å². The predicted molar refractivity (Wildman–Crippen MR) is 70.7 cm³/mol. The first-order valence-corrected chi connectivity index (χ1v) is 6.97. The molecule has 0 spiro atoms. The third-order valence-electron chi connectivity index (χ3n) is 3.77. The van der Waals surface area contributed by atoms with E-state index >= 15 is 0 Å². The average Bonchev–Trinajstić information content (AvgIpc) is 2.39. The lowest BCUT2D eigenvalue weighted by molar-refractivity contribution is 0.0701. The van der Waals surface area contributed by atoms with Crippen LogP contribution in [0.5, 0.6) is 0 Å². The van der Waals surface area contributed by atoms with Gasteiger partial charge in [-0.3, -0.25) is 0 Å². The van der Waals surface area contributed by atoms with Crippen molar-refractivity contribution in [2.24, 2.45) is 0 Å². The Kier molecular flexibility index (Phi) is 4.83. The number of likely N-dealkylation sites (tertiary alicyclic amines) is 1. The fourth-order valence-electron chi connectivity index (χ4n) is 2.77. The van der Waals surface area contributed by atoms with Crippen LogP contribution in [-0.2, 0) is 4.74 Å². The van der Waals surface area contributed by atoms with Crippen LogP contribution in [0.1, 0.15) is 25.7 Å². The number of nitrogens with one attached hydrogen (secondary N) is 1. The molecule has 1 unspecified atom stereocenters. The standard InChI is InChI=1S/C13H25N3O2/c1-15(2)13(17)16-7-3-4-12(10-16)14-11-5-8-18-9-6-11/h11-12,14H,3-10H2,1-2H3. The second-order valence-electron chi connectivity index (χ2n) is 5.52. The van der Waals surface area contributed by atoms with E-state index in [1.807, 2.05) is 19.0 Å². The molecule has 0 saturated carbocycles. The fraction of sp³-hybridized carbons (Fsp3) is 0.923. The topological polar surface area (TPSA) is 44.8 Å². The summed E-state index contributed by atoms with van der Waals surface area (Å²) in [4.78, 5) is 15.6. The second kappa shape index (κ2) is 6.38. The van der Waals surface area contributed by atoms with Crippen LogP contribution in [0, 0.1) is 0 Å². The highest BCUT2D eigenvalue weighted by atomic mass is 16.5. The van der Waals surface area contributed by atoms with E-state index in [0.29, 0.717) is 12.1 Å². The van der Waals surface area contributed by atoms with Crippen LogP contribution in [0.3, 0.4) is 0 Å². The second-order valence-corrected chi connectivity index (χ2v) is 5.52. The third-order valence-corrected chi connectivity index (χ3v) is 3.77. The van der Waals surface area contributed by atoms with E-state index in [9.17, 15) is 4.79 Å². The summed E-state index contributed by atoms with van der Waals surface area (Å²) in [5.41, 5.74) is 0. The number of carbonyl (C=O) groups is 1. The molecule has 2 rings (SSSR count). The average molecular weight is 255 g/mol. The quantitative estimate of drug-likeness (QED) is 0.797. The lowest BCUT2D eigenvalue weighted by atomic mass is 10.0. The Bertz CT molecular complexity index is 277. The van der Waals surface area contributed by atoms with E-state index in [0.717, 1.165) is 45.6 Å². The largest absolute Gasteiger partial charge is 0.381 e. The molecule has 2 amide bonds. The summed E-state index contributed by atoms with van der Waals surface area (Å²) in [6, 6.07) is 1.15. The molecule has 0 aliphatic carbocycles. The predicted octanol–water partition coefficient (Wildman–Crippen LogP) is 0.901. The Hall–Kier alpha value is -0.810. The van der Waals surface area contributed by atoms with Gasteiger partial charge in [-0.05, 0) is 25.7 Å². The normalized spacial score (nSPS) is 26.1. The third kappa shape index (κ3) is 3.59. The minimum atomic E-state index is 0.133. The molecule has 2 saturated heterocycles. The lowest BCUT2D eigenvalue weighted by Crippen LogP contribution is -2.53. The van der Waals surface area contributed by atoms with E-state index in [2.05, 4.69) is 5.32 Å². The molecule has 2 heterocycles. The summed E-state index contributed by atoms with van der Waals surface area (Å²) >= 11 is 0. The van der Waals surface area contributed by atoms with E-state index < -0.39 is 0 Å². The molecule has 2 aliphatic heterocycles. The molecular formula is C13H25N3O2. The maximum Gasteiger partial charge on any atom is 0.319 e. The molecule has 18 heavy (non-hydrogen) atoms. The Balaban J connectivity index is 1.80. The molecule has 2 aliphatic rings. The summed E-state index contributed by atoms with van der Waals surface area (Å²) in [6.45, 7) is 3.47. The molecule has 1 atom stereocenters. The molecule has 0 aromatic rings. The Morgan fingerprint density at radius 3 is 2.61 bits per heavy atom. The number of piperidine rings is 1. The molecular weight excluding hydrogens is 230 g/mol. The monoisotopic (exact) mass is 255 g/mol. The Morgan fingerprint density at radius 2 is 1.94 bits per heavy atom. The van der Waals surface area contributed by atoms with Crippen LogP contribution in [0.4, 0.5) is 4.79 Å². The van der Waals surface area contributed by atoms with Gasteiger partial charge < -0.3 is 19.9 Å². The molecule has 1 N–H and O–H groups in total. The van der Waals surface area contributed by atoms with Crippen molar-refractivity contribution in [3.8, 4) is 0 Å². The molecule has 5 heteroatoms.